The van der Waals surface area contributed by atoms with E-state index in [1.165, 1.54) is 16.2 Å². The van der Waals surface area contributed by atoms with Crippen molar-refractivity contribution >= 4 is 67.1 Å². The van der Waals surface area contributed by atoms with Gasteiger partial charge in [0.15, 0.2) is 0 Å². The number of benzene rings is 2. The van der Waals surface area contributed by atoms with E-state index in [2.05, 4.69) is 26.6 Å². The number of rotatable bonds is 5. The van der Waals surface area contributed by atoms with E-state index < -0.39 is 17.6 Å². The second-order valence-electron chi connectivity index (χ2n) is 8.17. The maximum Gasteiger partial charge on any atom is 0.299 e. The first kappa shape index (κ1) is 22.5. The zero-order valence-electron chi connectivity index (χ0n) is 18.0. The van der Waals surface area contributed by atoms with Gasteiger partial charge >= 0.3 is 0 Å². The third-order valence-electron chi connectivity index (χ3n) is 5.92. The SMILES string of the molecule is O=C(CN1C(=O)C(=O)c2cc(Br)ccc21)Nc1sc2c(c1C(=O)Nc1ccccc1)CCCC2. The summed E-state index contributed by atoms with van der Waals surface area (Å²) in [5.74, 6) is -2.12. The van der Waals surface area contributed by atoms with Crippen LogP contribution in [0.2, 0.25) is 0 Å². The Hall–Kier alpha value is -3.30. The fourth-order valence-electron chi connectivity index (χ4n) is 4.35. The average Bonchev–Trinajstić information content (AvgIpc) is 3.30. The normalized spacial score (nSPS) is 14.6. The van der Waals surface area contributed by atoms with Gasteiger partial charge in [-0.25, -0.2) is 0 Å². The van der Waals surface area contributed by atoms with E-state index in [4.69, 9.17) is 0 Å². The van der Waals surface area contributed by atoms with Gasteiger partial charge in [0, 0.05) is 15.0 Å². The number of hydrogen-bond donors (Lipinski definition) is 2. The van der Waals surface area contributed by atoms with E-state index in [0.717, 1.165) is 36.1 Å². The van der Waals surface area contributed by atoms with Crippen LogP contribution in [0.25, 0.3) is 0 Å². The van der Waals surface area contributed by atoms with Gasteiger partial charge in [0.25, 0.3) is 17.6 Å². The van der Waals surface area contributed by atoms with E-state index in [0.29, 0.717) is 26.4 Å². The van der Waals surface area contributed by atoms with Crippen LogP contribution in [-0.4, -0.2) is 30.0 Å². The van der Waals surface area contributed by atoms with Crippen LogP contribution in [0.4, 0.5) is 16.4 Å². The number of hydrogen-bond acceptors (Lipinski definition) is 5. The Bertz CT molecular complexity index is 1340. The maximum absolute atomic E-state index is 13.2. The molecule has 2 heterocycles. The van der Waals surface area contributed by atoms with Crippen LogP contribution in [0, 0.1) is 0 Å². The third kappa shape index (κ3) is 4.17. The highest BCUT2D eigenvalue weighted by Crippen LogP contribution is 2.39. The number of amides is 3. The molecule has 2 N–H and O–H groups in total. The number of nitrogens with one attached hydrogen (secondary N) is 2. The molecule has 1 aromatic heterocycles. The lowest BCUT2D eigenvalue weighted by Gasteiger charge is -2.16. The van der Waals surface area contributed by atoms with Crippen LogP contribution in [0.1, 0.15) is 44.0 Å². The highest BCUT2D eigenvalue weighted by Gasteiger charge is 2.37. The molecule has 7 nitrogen and oxygen atoms in total. The van der Waals surface area contributed by atoms with E-state index in [-0.39, 0.29) is 18.0 Å². The standard InChI is InChI=1S/C25H20BrN3O4S/c26-14-10-11-18-17(12-14)22(31)25(33)29(18)13-20(30)28-24-21(16-8-4-5-9-19(16)34-24)23(32)27-15-6-2-1-3-7-15/h1-3,6-7,10-12H,4-5,8-9,13H2,(H,27,32)(H,28,30). The Kier molecular flexibility index (Phi) is 6.05. The minimum atomic E-state index is -0.740. The summed E-state index contributed by atoms with van der Waals surface area (Å²) in [6.45, 7) is -0.318. The lowest BCUT2D eigenvalue weighted by atomic mass is 9.95. The fourth-order valence-corrected chi connectivity index (χ4v) is 6.01. The number of carbonyl (C=O) groups excluding carboxylic acids is 4. The summed E-state index contributed by atoms with van der Waals surface area (Å²) < 4.78 is 0.678. The minimum Gasteiger partial charge on any atom is -0.322 e. The molecule has 172 valence electrons. The number of ketones is 1. The molecule has 5 rings (SSSR count). The number of carbonyl (C=O) groups is 4. The number of fused-ring (bicyclic) bond motifs is 2. The van der Waals surface area contributed by atoms with Crippen molar-refractivity contribution in [3.8, 4) is 0 Å². The van der Waals surface area contributed by atoms with Crippen molar-refractivity contribution in [2.75, 3.05) is 22.1 Å². The first-order valence-electron chi connectivity index (χ1n) is 10.9. The number of nitrogens with zero attached hydrogens (tertiary/aromatic N) is 1. The second kappa shape index (κ2) is 9.15. The zero-order valence-corrected chi connectivity index (χ0v) is 20.4. The summed E-state index contributed by atoms with van der Waals surface area (Å²) in [6.07, 6.45) is 3.67. The molecule has 2 aliphatic rings. The highest BCUT2D eigenvalue weighted by molar-refractivity contribution is 9.10. The van der Waals surface area contributed by atoms with Crippen molar-refractivity contribution in [1.82, 2.24) is 0 Å². The number of halogens is 1. The van der Waals surface area contributed by atoms with Gasteiger partial charge in [-0.2, -0.15) is 0 Å². The molecule has 0 radical (unpaired) electrons. The maximum atomic E-state index is 13.2. The van der Waals surface area contributed by atoms with Crippen LogP contribution in [-0.2, 0) is 22.4 Å². The molecular formula is C25H20BrN3O4S. The molecule has 0 spiro atoms. The van der Waals surface area contributed by atoms with Gasteiger partial charge in [-0.3, -0.25) is 24.1 Å². The van der Waals surface area contributed by atoms with E-state index in [1.807, 2.05) is 18.2 Å². The van der Waals surface area contributed by atoms with Crippen molar-refractivity contribution in [3.63, 3.8) is 0 Å². The predicted molar refractivity (Wildman–Crippen MR) is 135 cm³/mol. The van der Waals surface area contributed by atoms with Crippen LogP contribution >= 0.6 is 27.3 Å². The van der Waals surface area contributed by atoms with Crippen molar-refractivity contribution in [3.05, 3.63) is 74.6 Å². The third-order valence-corrected chi connectivity index (χ3v) is 7.62. The Morgan fingerprint density at radius 1 is 1.00 bits per heavy atom. The van der Waals surface area contributed by atoms with Gasteiger partial charge in [0.2, 0.25) is 5.91 Å². The molecule has 0 bridgehead atoms. The first-order chi connectivity index (χ1) is 16.4. The number of Topliss-reactive ketones (excluding diaryl/α,β-unsaturated/α-hetero) is 1. The topological polar surface area (TPSA) is 95.6 Å². The van der Waals surface area contributed by atoms with Gasteiger partial charge in [-0.1, -0.05) is 34.1 Å². The van der Waals surface area contributed by atoms with E-state index in [9.17, 15) is 19.2 Å². The molecule has 0 unspecified atom stereocenters. The van der Waals surface area contributed by atoms with Gasteiger partial charge in [0.1, 0.15) is 11.5 Å². The lowest BCUT2D eigenvalue weighted by molar-refractivity contribution is -0.118. The fraction of sp³-hybridized carbons (Fsp3) is 0.200. The van der Waals surface area contributed by atoms with Crippen molar-refractivity contribution in [2.24, 2.45) is 0 Å². The lowest BCUT2D eigenvalue weighted by Crippen LogP contribution is -2.37. The van der Waals surface area contributed by atoms with E-state index >= 15 is 0 Å². The molecule has 0 saturated heterocycles. The zero-order chi connectivity index (χ0) is 23.8. The van der Waals surface area contributed by atoms with Gasteiger partial charge in [0.05, 0.1) is 16.8 Å². The molecule has 9 heteroatoms. The molecule has 34 heavy (non-hydrogen) atoms. The van der Waals surface area contributed by atoms with Crippen LogP contribution in [0.15, 0.2) is 53.0 Å². The number of thiophene rings is 1. The molecule has 0 atom stereocenters. The summed E-state index contributed by atoms with van der Waals surface area (Å²) in [4.78, 5) is 53.4. The first-order valence-corrected chi connectivity index (χ1v) is 12.5. The molecule has 1 aliphatic heterocycles. The number of aryl methyl sites for hydroxylation is 1. The van der Waals surface area contributed by atoms with Crippen LogP contribution < -0.4 is 15.5 Å². The molecule has 1 aliphatic carbocycles. The van der Waals surface area contributed by atoms with E-state index in [1.54, 1.807) is 30.3 Å². The smallest absolute Gasteiger partial charge is 0.299 e. The molecule has 3 amide bonds. The molecule has 0 saturated carbocycles. The second-order valence-corrected chi connectivity index (χ2v) is 10.2. The number of anilines is 3. The summed E-state index contributed by atoms with van der Waals surface area (Å²) in [5.41, 5.74) is 2.79. The van der Waals surface area contributed by atoms with Gasteiger partial charge < -0.3 is 10.6 Å². The monoisotopic (exact) mass is 537 g/mol. The summed E-state index contributed by atoms with van der Waals surface area (Å²) in [7, 11) is 0. The molecule has 2 aromatic carbocycles. The summed E-state index contributed by atoms with van der Waals surface area (Å²) >= 11 is 4.71. The minimum absolute atomic E-state index is 0.265. The Morgan fingerprint density at radius 2 is 1.76 bits per heavy atom. The molecular weight excluding hydrogens is 518 g/mol. The summed E-state index contributed by atoms with van der Waals surface area (Å²) in [6, 6.07) is 14.1. The Labute approximate surface area is 208 Å². The molecule has 0 fully saturated rings. The highest BCUT2D eigenvalue weighted by atomic mass is 79.9. The predicted octanol–water partition coefficient (Wildman–Crippen LogP) is 4.81. The van der Waals surface area contributed by atoms with Crippen molar-refractivity contribution in [1.29, 1.82) is 0 Å². The Balaban J connectivity index is 1.40. The van der Waals surface area contributed by atoms with Gasteiger partial charge in [-0.15, -0.1) is 11.3 Å². The van der Waals surface area contributed by atoms with Gasteiger partial charge in [-0.05, 0) is 61.6 Å². The summed E-state index contributed by atoms with van der Waals surface area (Å²) in [5, 5.41) is 6.23. The van der Waals surface area contributed by atoms with Crippen molar-refractivity contribution < 1.29 is 19.2 Å². The average molecular weight is 538 g/mol. The van der Waals surface area contributed by atoms with Crippen molar-refractivity contribution in [2.45, 2.75) is 25.7 Å². The molecule has 3 aromatic rings. The largest absolute Gasteiger partial charge is 0.322 e. The number of para-hydroxylation sites is 1. The quantitative estimate of drug-likeness (QED) is 0.456. The Morgan fingerprint density at radius 3 is 2.56 bits per heavy atom. The van der Waals surface area contributed by atoms with Crippen LogP contribution in [0.3, 0.4) is 0 Å². The van der Waals surface area contributed by atoms with Crippen LogP contribution in [0.5, 0.6) is 0 Å².